The van der Waals surface area contributed by atoms with Crippen LogP contribution in [0.4, 0.5) is 0 Å². The summed E-state index contributed by atoms with van der Waals surface area (Å²) >= 11 is 0. The molecule has 0 aromatic carbocycles. The van der Waals surface area contributed by atoms with Gasteiger partial charge in [0.25, 0.3) is 0 Å². The van der Waals surface area contributed by atoms with E-state index in [0.29, 0.717) is 0 Å². The van der Waals surface area contributed by atoms with Crippen LogP contribution in [0.15, 0.2) is 6.33 Å². The van der Waals surface area contributed by atoms with E-state index in [2.05, 4.69) is 30.7 Å². The molecule has 0 saturated carbocycles. The minimum absolute atomic E-state index is 1.01. The zero-order valence-corrected chi connectivity index (χ0v) is 8.09. The first-order chi connectivity index (χ1) is 5.79. The van der Waals surface area contributed by atoms with E-state index >= 15 is 0 Å². The van der Waals surface area contributed by atoms with Crippen LogP contribution < -0.4 is 0 Å². The Morgan fingerprint density at radius 2 is 1.83 bits per heavy atom. The van der Waals surface area contributed by atoms with Gasteiger partial charge in [-0.3, -0.25) is 0 Å². The van der Waals surface area contributed by atoms with Crippen molar-refractivity contribution in [2.75, 3.05) is 0 Å². The fourth-order valence-electron chi connectivity index (χ4n) is 1.37. The van der Waals surface area contributed by atoms with Gasteiger partial charge >= 0.3 is 0 Å². The SMILES string of the molecule is CCCc1ncnc(CC)c1C. The van der Waals surface area contributed by atoms with E-state index < -0.39 is 0 Å². The first kappa shape index (κ1) is 9.17. The van der Waals surface area contributed by atoms with Gasteiger partial charge < -0.3 is 0 Å². The monoisotopic (exact) mass is 164 g/mol. The molecule has 0 unspecified atom stereocenters. The molecule has 12 heavy (non-hydrogen) atoms. The molecule has 0 aliphatic rings. The molecule has 2 heteroatoms. The van der Waals surface area contributed by atoms with Crippen LogP contribution in [-0.4, -0.2) is 9.97 Å². The Kier molecular flexibility index (Phi) is 3.20. The van der Waals surface area contributed by atoms with Crippen LogP contribution in [-0.2, 0) is 12.8 Å². The van der Waals surface area contributed by atoms with Gasteiger partial charge in [0.15, 0.2) is 0 Å². The van der Waals surface area contributed by atoms with E-state index in [4.69, 9.17) is 0 Å². The van der Waals surface area contributed by atoms with E-state index in [1.54, 1.807) is 6.33 Å². The van der Waals surface area contributed by atoms with Crippen LogP contribution in [0, 0.1) is 6.92 Å². The van der Waals surface area contributed by atoms with Crippen molar-refractivity contribution in [3.63, 3.8) is 0 Å². The van der Waals surface area contributed by atoms with E-state index in [1.165, 1.54) is 17.0 Å². The molecule has 0 aliphatic heterocycles. The first-order valence-electron chi connectivity index (χ1n) is 4.58. The molecule has 0 spiro atoms. The van der Waals surface area contributed by atoms with Gasteiger partial charge in [0, 0.05) is 11.4 Å². The molecule has 0 amide bonds. The number of nitrogens with zero attached hydrogens (tertiary/aromatic N) is 2. The van der Waals surface area contributed by atoms with Crippen molar-refractivity contribution in [3.05, 3.63) is 23.3 Å². The Labute approximate surface area is 74.1 Å². The Bertz CT molecular complexity index is 256. The highest BCUT2D eigenvalue weighted by Gasteiger charge is 2.03. The molecule has 0 N–H and O–H groups in total. The Morgan fingerprint density at radius 1 is 1.17 bits per heavy atom. The van der Waals surface area contributed by atoms with E-state index in [-0.39, 0.29) is 0 Å². The summed E-state index contributed by atoms with van der Waals surface area (Å²) in [6.07, 6.45) is 4.91. The van der Waals surface area contributed by atoms with Gasteiger partial charge in [0.1, 0.15) is 6.33 Å². The van der Waals surface area contributed by atoms with E-state index in [1.807, 2.05) is 0 Å². The van der Waals surface area contributed by atoms with Gasteiger partial charge in [0.05, 0.1) is 0 Å². The second-order valence-corrected chi connectivity index (χ2v) is 3.00. The van der Waals surface area contributed by atoms with Crippen LogP contribution in [0.3, 0.4) is 0 Å². The number of hydrogen-bond donors (Lipinski definition) is 0. The maximum Gasteiger partial charge on any atom is 0.115 e. The maximum atomic E-state index is 4.27. The fraction of sp³-hybridized carbons (Fsp3) is 0.600. The van der Waals surface area contributed by atoms with E-state index in [0.717, 1.165) is 19.3 Å². The zero-order valence-electron chi connectivity index (χ0n) is 8.09. The summed E-state index contributed by atoms with van der Waals surface area (Å²) in [5.74, 6) is 0. The third kappa shape index (κ3) is 1.81. The van der Waals surface area contributed by atoms with Crippen LogP contribution in [0.1, 0.15) is 37.2 Å². The second-order valence-electron chi connectivity index (χ2n) is 3.00. The van der Waals surface area contributed by atoms with Gasteiger partial charge in [-0.05, 0) is 25.3 Å². The lowest BCUT2D eigenvalue weighted by molar-refractivity contribution is 0.838. The van der Waals surface area contributed by atoms with Crippen molar-refractivity contribution in [2.24, 2.45) is 0 Å². The molecule has 0 atom stereocenters. The van der Waals surface area contributed by atoms with Gasteiger partial charge in [-0.2, -0.15) is 0 Å². The minimum Gasteiger partial charge on any atom is -0.241 e. The van der Waals surface area contributed by atoms with Crippen LogP contribution in [0.5, 0.6) is 0 Å². The molecule has 1 aromatic heterocycles. The van der Waals surface area contributed by atoms with Crippen LogP contribution >= 0.6 is 0 Å². The standard InChI is InChI=1S/C10H16N2/c1-4-6-10-8(3)9(5-2)11-7-12-10/h7H,4-6H2,1-3H3. The molecule has 0 radical (unpaired) electrons. The highest BCUT2D eigenvalue weighted by molar-refractivity contribution is 5.22. The molecule has 1 heterocycles. The quantitative estimate of drug-likeness (QED) is 0.685. The summed E-state index contributed by atoms with van der Waals surface area (Å²) < 4.78 is 0. The van der Waals surface area contributed by atoms with Crippen molar-refractivity contribution in [2.45, 2.75) is 40.0 Å². The lowest BCUT2D eigenvalue weighted by Crippen LogP contribution is -2.00. The largest absolute Gasteiger partial charge is 0.241 e. The summed E-state index contributed by atoms with van der Waals surface area (Å²) in [6, 6.07) is 0. The van der Waals surface area contributed by atoms with Gasteiger partial charge in [-0.1, -0.05) is 20.3 Å². The van der Waals surface area contributed by atoms with Crippen LogP contribution in [0.2, 0.25) is 0 Å². The van der Waals surface area contributed by atoms with Crippen LogP contribution in [0.25, 0.3) is 0 Å². The van der Waals surface area contributed by atoms with Gasteiger partial charge in [-0.25, -0.2) is 9.97 Å². The molecule has 1 rings (SSSR count). The normalized spacial score (nSPS) is 10.2. The zero-order chi connectivity index (χ0) is 8.97. The van der Waals surface area contributed by atoms with Crippen molar-refractivity contribution >= 4 is 0 Å². The number of aromatic nitrogens is 2. The Hall–Kier alpha value is -0.920. The van der Waals surface area contributed by atoms with E-state index in [9.17, 15) is 0 Å². The average Bonchev–Trinajstić information content (AvgIpc) is 2.09. The van der Waals surface area contributed by atoms with Crippen molar-refractivity contribution < 1.29 is 0 Å². The number of hydrogen-bond acceptors (Lipinski definition) is 2. The molecular weight excluding hydrogens is 148 g/mol. The molecular formula is C10H16N2. The third-order valence-electron chi connectivity index (χ3n) is 2.11. The molecule has 2 nitrogen and oxygen atoms in total. The second kappa shape index (κ2) is 4.19. The summed E-state index contributed by atoms with van der Waals surface area (Å²) in [4.78, 5) is 8.49. The topological polar surface area (TPSA) is 25.8 Å². The summed E-state index contributed by atoms with van der Waals surface area (Å²) in [7, 11) is 0. The lowest BCUT2D eigenvalue weighted by atomic mass is 10.1. The Balaban J connectivity index is 2.97. The number of rotatable bonds is 3. The van der Waals surface area contributed by atoms with Crippen molar-refractivity contribution in [3.8, 4) is 0 Å². The smallest absolute Gasteiger partial charge is 0.115 e. The van der Waals surface area contributed by atoms with Crippen molar-refractivity contribution in [1.82, 2.24) is 9.97 Å². The van der Waals surface area contributed by atoms with Gasteiger partial charge in [-0.15, -0.1) is 0 Å². The highest BCUT2D eigenvalue weighted by Crippen LogP contribution is 2.10. The summed E-state index contributed by atoms with van der Waals surface area (Å²) in [5, 5.41) is 0. The predicted octanol–water partition coefficient (Wildman–Crippen LogP) is 2.30. The summed E-state index contributed by atoms with van der Waals surface area (Å²) in [5.41, 5.74) is 3.68. The maximum absolute atomic E-state index is 4.27. The highest BCUT2D eigenvalue weighted by atomic mass is 14.8. The summed E-state index contributed by atoms with van der Waals surface area (Å²) in [6.45, 7) is 6.42. The third-order valence-corrected chi connectivity index (χ3v) is 2.11. The van der Waals surface area contributed by atoms with Crippen molar-refractivity contribution in [1.29, 1.82) is 0 Å². The molecule has 0 fully saturated rings. The predicted molar refractivity (Wildman–Crippen MR) is 50.1 cm³/mol. The minimum atomic E-state index is 1.01. The number of aryl methyl sites for hydroxylation is 2. The molecule has 0 aliphatic carbocycles. The Morgan fingerprint density at radius 3 is 2.42 bits per heavy atom. The molecule has 0 bridgehead atoms. The first-order valence-corrected chi connectivity index (χ1v) is 4.58. The molecule has 0 saturated heterocycles. The average molecular weight is 164 g/mol. The fourth-order valence-corrected chi connectivity index (χ4v) is 1.37. The molecule has 1 aromatic rings. The molecule has 66 valence electrons. The van der Waals surface area contributed by atoms with Gasteiger partial charge in [0.2, 0.25) is 0 Å². The lowest BCUT2D eigenvalue weighted by Gasteiger charge is -2.05.